The van der Waals surface area contributed by atoms with Gasteiger partial charge in [0.25, 0.3) is 0 Å². The van der Waals surface area contributed by atoms with E-state index < -0.39 is 0 Å². The molecule has 0 radical (unpaired) electrons. The van der Waals surface area contributed by atoms with E-state index in [1.54, 1.807) is 0 Å². The van der Waals surface area contributed by atoms with Crippen LogP contribution in [-0.2, 0) is 6.54 Å². The average Bonchev–Trinajstić information content (AvgIpc) is 3.01. The van der Waals surface area contributed by atoms with Crippen LogP contribution in [-0.4, -0.2) is 30.1 Å². The first-order chi connectivity index (χ1) is 9.81. The number of nitrogens with zero attached hydrogens (tertiary/aromatic N) is 1. The van der Waals surface area contributed by atoms with Gasteiger partial charge in [-0.25, -0.2) is 0 Å². The molecule has 1 aromatic carbocycles. The molecule has 1 aromatic rings. The van der Waals surface area contributed by atoms with Crippen molar-refractivity contribution in [1.82, 2.24) is 10.2 Å². The quantitative estimate of drug-likeness (QED) is 0.902. The van der Waals surface area contributed by atoms with Crippen molar-refractivity contribution in [1.29, 1.82) is 0 Å². The van der Waals surface area contributed by atoms with E-state index in [4.69, 9.17) is 0 Å². The zero-order chi connectivity index (χ0) is 13.8. The molecule has 1 heterocycles. The van der Waals surface area contributed by atoms with E-state index in [0.717, 1.165) is 12.6 Å². The lowest BCUT2D eigenvalue weighted by atomic mass is 10.0. The SMILES string of the molecule is Cc1ccc(CNC2CCN(C3CCCC3)CC2)cc1. The summed E-state index contributed by atoms with van der Waals surface area (Å²) in [6.07, 6.45) is 8.44. The molecule has 1 saturated carbocycles. The fourth-order valence-corrected chi connectivity index (χ4v) is 3.71. The Kier molecular flexibility index (Phi) is 4.74. The van der Waals surface area contributed by atoms with Gasteiger partial charge in [0.1, 0.15) is 0 Å². The Hall–Kier alpha value is -0.860. The number of piperidine rings is 1. The highest BCUT2D eigenvalue weighted by Gasteiger charge is 2.26. The van der Waals surface area contributed by atoms with Gasteiger partial charge in [-0.05, 0) is 51.3 Å². The van der Waals surface area contributed by atoms with Crippen molar-refractivity contribution in [2.24, 2.45) is 0 Å². The Morgan fingerprint density at radius 2 is 1.65 bits per heavy atom. The Labute approximate surface area is 123 Å². The summed E-state index contributed by atoms with van der Waals surface area (Å²) in [5, 5.41) is 3.74. The summed E-state index contributed by atoms with van der Waals surface area (Å²) >= 11 is 0. The van der Waals surface area contributed by atoms with Crippen molar-refractivity contribution in [3.05, 3.63) is 35.4 Å². The van der Waals surface area contributed by atoms with Crippen LogP contribution in [0.3, 0.4) is 0 Å². The molecule has 1 aliphatic carbocycles. The molecular formula is C18H28N2. The molecular weight excluding hydrogens is 244 g/mol. The van der Waals surface area contributed by atoms with E-state index in [0.29, 0.717) is 6.04 Å². The normalized spacial score (nSPS) is 22.4. The third-order valence-electron chi connectivity index (χ3n) is 5.09. The Morgan fingerprint density at radius 1 is 1.00 bits per heavy atom. The number of nitrogens with one attached hydrogen (secondary N) is 1. The summed E-state index contributed by atoms with van der Waals surface area (Å²) < 4.78 is 0. The third kappa shape index (κ3) is 3.62. The minimum Gasteiger partial charge on any atom is -0.310 e. The first-order valence-corrected chi connectivity index (χ1v) is 8.34. The second-order valence-corrected chi connectivity index (χ2v) is 6.62. The van der Waals surface area contributed by atoms with Gasteiger partial charge in [0.05, 0.1) is 0 Å². The Morgan fingerprint density at radius 3 is 2.30 bits per heavy atom. The minimum absolute atomic E-state index is 0.717. The van der Waals surface area contributed by atoms with Crippen LogP contribution < -0.4 is 5.32 Å². The maximum absolute atomic E-state index is 3.74. The van der Waals surface area contributed by atoms with Crippen LogP contribution in [0.2, 0.25) is 0 Å². The lowest BCUT2D eigenvalue weighted by Crippen LogP contribution is -2.45. The highest BCUT2D eigenvalue weighted by atomic mass is 15.2. The molecule has 2 aliphatic rings. The molecule has 3 rings (SSSR count). The van der Waals surface area contributed by atoms with Gasteiger partial charge in [0.2, 0.25) is 0 Å². The standard InChI is InChI=1S/C18H28N2/c1-15-6-8-16(9-7-15)14-19-17-10-12-20(13-11-17)18-4-2-3-5-18/h6-9,17-19H,2-5,10-14H2,1H3. The predicted molar refractivity (Wildman–Crippen MR) is 84.9 cm³/mol. The molecule has 1 saturated heterocycles. The van der Waals surface area contributed by atoms with E-state index in [1.807, 2.05) is 0 Å². The van der Waals surface area contributed by atoms with Crippen LogP contribution in [0.4, 0.5) is 0 Å². The van der Waals surface area contributed by atoms with Crippen LogP contribution >= 0.6 is 0 Å². The number of hydrogen-bond donors (Lipinski definition) is 1. The maximum Gasteiger partial charge on any atom is 0.0208 e. The van der Waals surface area contributed by atoms with Crippen LogP contribution in [0.5, 0.6) is 0 Å². The van der Waals surface area contributed by atoms with Crippen LogP contribution in [0, 0.1) is 6.92 Å². The second-order valence-electron chi connectivity index (χ2n) is 6.62. The molecule has 0 unspecified atom stereocenters. The first kappa shape index (κ1) is 14.1. The summed E-state index contributed by atoms with van der Waals surface area (Å²) in [7, 11) is 0. The van der Waals surface area contributed by atoms with Crippen molar-refractivity contribution in [3.8, 4) is 0 Å². The monoisotopic (exact) mass is 272 g/mol. The summed E-state index contributed by atoms with van der Waals surface area (Å²) in [5.41, 5.74) is 2.76. The number of likely N-dealkylation sites (tertiary alicyclic amines) is 1. The molecule has 1 N–H and O–H groups in total. The highest BCUT2D eigenvalue weighted by Crippen LogP contribution is 2.26. The number of benzene rings is 1. The number of aryl methyl sites for hydroxylation is 1. The van der Waals surface area contributed by atoms with Crippen molar-refractivity contribution in [2.45, 2.75) is 64.1 Å². The van der Waals surface area contributed by atoms with Gasteiger partial charge < -0.3 is 10.2 Å². The van der Waals surface area contributed by atoms with E-state index in [9.17, 15) is 0 Å². The molecule has 0 bridgehead atoms. The average molecular weight is 272 g/mol. The molecule has 2 fully saturated rings. The minimum atomic E-state index is 0.717. The molecule has 0 aromatic heterocycles. The fourth-order valence-electron chi connectivity index (χ4n) is 3.71. The van der Waals surface area contributed by atoms with Gasteiger partial charge in [-0.3, -0.25) is 0 Å². The van der Waals surface area contributed by atoms with Crippen molar-refractivity contribution >= 4 is 0 Å². The largest absolute Gasteiger partial charge is 0.310 e. The van der Waals surface area contributed by atoms with Gasteiger partial charge in [0.15, 0.2) is 0 Å². The lowest BCUT2D eigenvalue weighted by molar-refractivity contribution is 0.144. The molecule has 2 heteroatoms. The molecule has 0 atom stereocenters. The summed E-state index contributed by atoms with van der Waals surface area (Å²) in [5.74, 6) is 0. The molecule has 110 valence electrons. The van der Waals surface area contributed by atoms with Gasteiger partial charge in [-0.2, -0.15) is 0 Å². The van der Waals surface area contributed by atoms with Crippen LogP contribution in [0.25, 0.3) is 0 Å². The van der Waals surface area contributed by atoms with E-state index in [1.165, 1.54) is 62.7 Å². The van der Waals surface area contributed by atoms with Gasteiger partial charge in [0, 0.05) is 18.6 Å². The topological polar surface area (TPSA) is 15.3 Å². The number of rotatable bonds is 4. The first-order valence-electron chi connectivity index (χ1n) is 8.34. The maximum atomic E-state index is 3.74. The Balaban J connectivity index is 1.41. The fraction of sp³-hybridized carbons (Fsp3) is 0.667. The van der Waals surface area contributed by atoms with Gasteiger partial charge in [-0.1, -0.05) is 42.7 Å². The smallest absolute Gasteiger partial charge is 0.0208 e. The summed E-state index contributed by atoms with van der Waals surface area (Å²) in [4.78, 5) is 2.75. The van der Waals surface area contributed by atoms with E-state index in [2.05, 4.69) is 41.4 Å². The van der Waals surface area contributed by atoms with Gasteiger partial charge in [-0.15, -0.1) is 0 Å². The molecule has 0 amide bonds. The summed E-state index contributed by atoms with van der Waals surface area (Å²) in [6, 6.07) is 10.5. The van der Waals surface area contributed by atoms with Gasteiger partial charge >= 0.3 is 0 Å². The molecule has 1 aliphatic heterocycles. The second kappa shape index (κ2) is 6.73. The van der Waals surface area contributed by atoms with Crippen LogP contribution in [0.15, 0.2) is 24.3 Å². The molecule has 0 spiro atoms. The summed E-state index contributed by atoms with van der Waals surface area (Å²) in [6.45, 7) is 5.77. The Bertz CT molecular complexity index is 398. The van der Waals surface area contributed by atoms with E-state index in [-0.39, 0.29) is 0 Å². The van der Waals surface area contributed by atoms with E-state index >= 15 is 0 Å². The number of hydrogen-bond acceptors (Lipinski definition) is 2. The zero-order valence-corrected chi connectivity index (χ0v) is 12.8. The van der Waals surface area contributed by atoms with Crippen molar-refractivity contribution in [2.75, 3.05) is 13.1 Å². The van der Waals surface area contributed by atoms with Crippen molar-refractivity contribution < 1.29 is 0 Å². The highest BCUT2D eigenvalue weighted by molar-refractivity contribution is 5.21. The van der Waals surface area contributed by atoms with Crippen LogP contribution in [0.1, 0.15) is 49.7 Å². The zero-order valence-electron chi connectivity index (χ0n) is 12.8. The lowest BCUT2D eigenvalue weighted by Gasteiger charge is -2.36. The molecule has 20 heavy (non-hydrogen) atoms. The molecule has 2 nitrogen and oxygen atoms in total. The predicted octanol–water partition coefficient (Wildman–Crippen LogP) is 3.49. The third-order valence-corrected chi connectivity index (χ3v) is 5.09. The van der Waals surface area contributed by atoms with Crippen molar-refractivity contribution in [3.63, 3.8) is 0 Å².